The molecule has 0 atom stereocenters. The van der Waals surface area contributed by atoms with Crippen molar-refractivity contribution in [2.24, 2.45) is 0 Å². The Balaban J connectivity index is 1.51. The fourth-order valence-corrected chi connectivity index (χ4v) is 2.79. The lowest BCUT2D eigenvalue weighted by Gasteiger charge is -2.07. The Hall–Kier alpha value is -3.46. The van der Waals surface area contributed by atoms with Gasteiger partial charge in [0.15, 0.2) is 5.82 Å². The van der Waals surface area contributed by atoms with Crippen molar-refractivity contribution in [1.29, 1.82) is 0 Å². The third kappa shape index (κ3) is 3.72. The van der Waals surface area contributed by atoms with Crippen molar-refractivity contribution < 1.29 is 9.32 Å². The quantitative estimate of drug-likeness (QED) is 0.521. The number of nitrogens with one attached hydrogen (secondary N) is 2. The van der Waals surface area contributed by atoms with E-state index in [-0.39, 0.29) is 5.91 Å². The number of anilines is 1. The average molecular weight is 426 g/mol. The molecule has 0 unspecified atom stereocenters. The van der Waals surface area contributed by atoms with Gasteiger partial charge in [0.05, 0.1) is 16.4 Å². The van der Waals surface area contributed by atoms with Crippen LogP contribution >= 0.6 is 15.9 Å². The van der Waals surface area contributed by atoms with Crippen molar-refractivity contribution in [3.63, 3.8) is 0 Å². The van der Waals surface area contributed by atoms with Crippen LogP contribution in [0.15, 0.2) is 74.7 Å². The zero-order valence-corrected chi connectivity index (χ0v) is 15.3. The number of benzene rings is 2. The van der Waals surface area contributed by atoms with E-state index in [9.17, 15) is 9.59 Å². The summed E-state index contributed by atoms with van der Waals surface area (Å²) in [6.07, 6.45) is 3.52. The fraction of sp³-hybridized carbons (Fsp3) is 0. The molecule has 0 saturated carbocycles. The van der Waals surface area contributed by atoms with E-state index in [1.807, 2.05) is 18.3 Å². The molecule has 0 radical (unpaired) electrons. The van der Waals surface area contributed by atoms with Crippen molar-refractivity contribution in [3.8, 4) is 17.1 Å². The summed E-state index contributed by atoms with van der Waals surface area (Å²) in [5.41, 5.74) is 2.54. The van der Waals surface area contributed by atoms with Crippen LogP contribution in [0.5, 0.6) is 0 Å². The third-order valence-electron chi connectivity index (χ3n) is 3.78. The summed E-state index contributed by atoms with van der Waals surface area (Å²) in [5.74, 6) is -0.594. The fourth-order valence-electron chi connectivity index (χ4n) is 2.51. The Morgan fingerprint density at radius 1 is 1.19 bits per heavy atom. The molecule has 0 aliphatic rings. The van der Waals surface area contributed by atoms with E-state index in [2.05, 4.69) is 41.0 Å². The number of carbonyl (C=O) groups excluding carboxylic acids is 1. The maximum Gasteiger partial charge on any atom is 0.439 e. The van der Waals surface area contributed by atoms with Crippen molar-refractivity contribution in [2.45, 2.75) is 0 Å². The lowest BCUT2D eigenvalue weighted by Crippen LogP contribution is -2.12. The van der Waals surface area contributed by atoms with Crippen LogP contribution < -0.4 is 11.1 Å². The molecule has 2 aromatic heterocycles. The summed E-state index contributed by atoms with van der Waals surface area (Å²) < 4.78 is 7.08. The van der Waals surface area contributed by atoms with Crippen LogP contribution in [0.4, 0.5) is 5.69 Å². The third-order valence-corrected chi connectivity index (χ3v) is 4.19. The zero-order chi connectivity index (χ0) is 18.8. The van der Waals surface area contributed by atoms with E-state index < -0.39 is 5.76 Å². The minimum absolute atomic E-state index is 0.256. The second kappa shape index (κ2) is 7.04. The molecule has 2 heterocycles. The number of carbonyl (C=O) groups is 1. The van der Waals surface area contributed by atoms with Gasteiger partial charge in [-0.05, 0) is 52.3 Å². The predicted molar refractivity (Wildman–Crippen MR) is 102 cm³/mol. The summed E-state index contributed by atoms with van der Waals surface area (Å²) in [5, 5.41) is 10.7. The van der Waals surface area contributed by atoms with Gasteiger partial charge in [0, 0.05) is 23.0 Å². The van der Waals surface area contributed by atoms with E-state index >= 15 is 0 Å². The molecule has 0 saturated heterocycles. The SMILES string of the molecule is O=C(Nc1cccc(-c2noc(=O)[nH]2)c1)c1ccc(-n2cc(Br)cn2)cc1. The number of halogens is 1. The number of aromatic nitrogens is 4. The van der Waals surface area contributed by atoms with Crippen LogP contribution in [-0.2, 0) is 0 Å². The molecule has 9 heteroatoms. The minimum atomic E-state index is -0.635. The maximum atomic E-state index is 12.5. The molecule has 1 amide bonds. The Morgan fingerprint density at radius 2 is 2.00 bits per heavy atom. The molecule has 8 nitrogen and oxygen atoms in total. The summed E-state index contributed by atoms with van der Waals surface area (Å²) in [7, 11) is 0. The van der Waals surface area contributed by atoms with Crippen LogP contribution in [0.3, 0.4) is 0 Å². The molecule has 0 aliphatic carbocycles. The summed E-state index contributed by atoms with van der Waals surface area (Å²) >= 11 is 3.35. The topological polar surface area (TPSA) is 106 Å². The largest absolute Gasteiger partial charge is 0.439 e. The first-order valence-corrected chi connectivity index (χ1v) is 8.66. The molecule has 0 fully saturated rings. The maximum absolute atomic E-state index is 12.5. The minimum Gasteiger partial charge on any atom is -0.322 e. The molecular weight excluding hydrogens is 414 g/mol. The second-order valence-corrected chi connectivity index (χ2v) is 6.54. The molecular formula is C18H12BrN5O3. The number of hydrogen-bond donors (Lipinski definition) is 2. The molecule has 134 valence electrons. The van der Waals surface area contributed by atoms with E-state index in [4.69, 9.17) is 0 Å². The highest BCUT2D eigenvalue weighted by atomic mass is 79.9. The van der Waals surface area contributed by atoms with Gasteiger partial charge in [0.25, 0.3) is 5.91 Å². The van der Waals surface area contributed by atoms with Crippen LogP contribution in [0, 0.1) is 0 Å². The van der Waals surface area contributed by atoms with Gasteiger partial charge in [0.1, 0.15) is 0 Å². The van der Waals surface area contributed by atoms with E-state index in [1.165, 1.54) is 0 Å². The van der Waals surface area contributed by atoms with Gasteiger partial charge >= 0.3 is 5.76 Å². The first-order valence-electron chi connectivity index (χ1n) is 7.87. The van der Waals surface area contributed by atoms with Gasteiger partial charge in [-0.25, -0.2) is 9.48 Å². The summed E-state index contributed by atoms with van der Waals surface area (Å²) in [6.45, 7) is 0. The molecule has 2 N–H and O–H groups in total. The molecule has 2 aromatic carbocycles. The van der Waals surface area contributed by atoms with E-state index in [1.54, 1.807) is 47.3 Å². The predicted octanol–water partition coefficient (Wildman–Crippen LogP) is 3.23. The van der Waals surface area contributed by atoms with Gasteiger partial charge in [-0.3, -0.25) is 14.3 Å². The highest BCUT2D eigenvalue weighted by molar-refractivity contribution is 9.10. The standard InChI is InChI=1S/C18H12BrN5O3/c19-13-9-20-24(10-13)15-6-4-11(5-7-15)17(25)21-14-3-1-2-12(8-14)16-22-18(26)27-23-16/h1-10H,(H,21,25)(H,22,23,26). The van der Waals surface area contributed by atoms with Crippen LogP contribution in [0.25, 0.3) is 17.1 Å². The first kappa shape index (κ1) is 17.0. The van der Waals surface area contributed by atoms with Crippen LogP contribution in [0.1, 0.15) is 10.4 Å². The molecule has 4 rings (SSSR count). The molecule has 27 heavy (non-hydrogen) atoms. The number of nitrogens with zero attached hydrogens (tertiary/aromatic N) is 3. The number of aromatic amines is 1. The number of amides is 1. The van der Waals surface area contributed by atoms with Gasteiger partial charge in [-0.15, -0.1) is 0 Å². The average Bonchev–Trinajstić information content (AvgIpc) is 3.30. The lowest BCUT2D eigenvalue weighted by atomic mass is 10.1. The Morgan fingerprint density at radius 3 is 2.67 bits per heavy atom. The Kier molecular flexibility index (Phi) is 4.43. The van der Waals surface area contributed by atoms with Gasteiger partial charge in [-0.2, -0.15) is 5.10 Å². The van der Waals surface area contributed by atoms with Crippen LogP contribution in [0.2, 0.25) is 0 Å². The normalized spacial score (nSPS) is 10.7. The smallest absolute Gasteiger partial charge is 0.322 e. The van der Waals surface area contributed by atoms with Crippen molar-refractivity contribution in [3.05, 3.63) is 81.5 Å². The van der Waals surface area contributed by atoms with Crippen molar-refractivity contribution in [1.82, 2.24) is 19.9 Å². The second-order valence-electron chi connectivity index (χ2n) is 5.63. The van der Waals surface area contributed by atoms with Gasteiger partial charge in [-0.1, -0.05) is 17.3 Å². The molecule has 0 aliphatic heterocycles. The zero-order valence-electron chi connectivity index (χ0n) is 13.7. The molecule has 0 bridgehead atoms. The highest BCUT2D eigenvalue weighted by Crippen LogP contribution is 2.19. The monoisotopic (exact) mass is 425 g/mol. The van der Waals surface area contributed by atoms with Crippen LogP contribution in [-0.4, -0.2) is 25.8 Å². The molecule has 0 spiro atoms. The lowest BCUT2D eigenvalue weighted by molar-refractivity contribution is 0.102. The summed E-state index contributed by atoms with van der Waals surface area (Å²) in [4.78, 5) is 26.0. The Bertz CT molecular complexity index is 1160. The number of hydrogen-bond acceptors (Lipinski definition) is 5. The first-order chi connectivity index (χ1) is 13.1. The van der Waals surface area contributed by atoms with E-state index in [0.717, 1.165) is 10.2 Å². The number of rotatable bonds is 4. The van der Waals surface area contributed by atoms with Gasteiger partial charge in [0.2, 0.25) is 0 Å². The summed E-state index contributed by atoms with van der Waals surface area (Å²) in [6, 6.07) is 14.0. The molecule has 4 aromatic rings. The van der Waals surface area contributed by atoms with E-state index in [0.29, 0.717) is 22.6 Å². The highest BCUT2D eigenvalue weighted by Gasteiger charge is 2.09. The Labute approximate surface area is 161 Å². The van der Waals surface area contributed by atoms with Crippen molar-refractivity contribution in [2.75, 3.05) is 5.32 Å². The number of H-pyrrole nitrogens is 1. The van der Waals surface area contributed by atoms with Crippen molar-refractivity contribution >= 4 is 27.5 Å². The van der Waals surface area contributed by atoms with Gasteiger partial charge < -0.3 is 5.32 Å².